The molecular weight excluding hydrogens is 345 g/mol. The van der Waals surface area contributed by atoms with Gasteiger partial charge in [-0.15, -0.1) is 0 Å². The molecule has 0 spiro atoms. The van der Waals surface area contributed by atoms with Gasteiger partial charge in [-0.05, 0) is 71.6 Å². The van der Waals surface area contributed by atoms with E-state index in [1.165, 1.54) is 16.8 Å². The van der Waals surface area contributed by atoms with Crippen LogP contribution in [0.4, 0.5) is 0 Å². The quantitative estimate of drug-likeness (QED) is 0.416. The van der Waals surface area contributed by atoms with Gasteiger partial charge >= 0.3 is 7.12 Å². The third-order valence-corrected chi connectivity index (χ3v) is 6.23. The lowest BCUT2D eigenvalue weighted by molar-refractivity contribution is 0.00578. The summed E-state index contributed by atoms with van der Waals surface area (Å²) in [7, 11) is -0.343. The Morgan fingerprint density at radius 1 is 1.18 bits per heavy atom. The number of hydrogen-bond acceptors (Lipinski definition) is 3. The van der Waals surface area contributed by atoms with Crippen LogP contribution >= 0.6 is 0 Å². The highest BCUT2D eigenvalue weighted by Gasteiger charge is 2.50. The van der Waals surface area contributed by atoms with Gasteiger partial charge in [0.1, 0.15) is 0 Å². The van der Waals surface area contributed by atoms with Crippen LogP contribution < -0.4 is 0 Å². The summed E-state index contributed by atoms with van der Waals surface area (Å²) in [6, 6.07) is 0. The third kappa shape index (κ3) is 4.90. The van der Waals surface area contributed by atoms with Crippen molar-refractivity contribution in [2.75, 3.05) is 6.54 Å². The molecule has 2 rings (SSSR count). The topological polar surface area (TPSA) is 21.7 Å². The van der Waals surface area contributed by atoms with Gasteiger partial charge in [0.2, 0.25) is 0 Å². The third-order valence-electron chi connectivity index (χ3n) is 6.23. The van der Waals surface area contributed by atoms with Gasteiger partial charge in [-0.2, -0.15) is 0 Å². The summed E-state index contributed by atoms with van der Waals surface area (Å²) in [6.07, 6.45) is 13.9. The average molecular weight is 383 g/mol. The molecule has 2 aliphatic heterocycles. The first-order valence-corrected chi connectivity index (χ1v) is 10.6. The molecule has 3 nitrogen and oxygen atoms in total. The Kier molecular flexibility index (Phi) is 7.58. The number of allylic oxidation sites excluding steroid dienone is 5. The number of rotatable bonds is 5. The molecule has 0 amide bonds. The van der Waals surface area contributed by atoms with Crippen molar-refractivity contribution >= 4 is 7.12 Å². The van der Waals surface area contributed by atoms with E-state index in [9.17, 15) is 0 Å². The molecule has 154 valence electrons. The van der Waals surface area contributed by atoms with E-state index in [-0.39, 0.29) is 18.3 Å². The predicted octanol–water partition coefficient (Wildman–Crippen LogP) is 6.22. The van der Waals surface area contributed by atoms with E-state index < -0.39 is 0 Å². The second-order valence-electron chi connectivity index (χ2n) is 8.68. The van der Waals surface area contributed by atoms with Crippen LogP contribution in [0.5, 0.6) is 0 Å². The fraction of sp³-hybridized carbons (Fsp3) is 0.583. The first-order valence-electron chi connectivity index (χ1n) is 10.6. The zero-order valence-electron chi connectivity index (χ0n) is 18.9. The van der Waals surface area contributed by atoms with E-state index in [4.69, 9.17) is 9.31 Å². The van der Waals surface area contributed by atoms with Gasteiger partial charge in [-0.3, -0.25) is 0 Å². The molecule has 0 aliphatic carbocycles. The van der Waals surface area contributed by atoms with Gasteiger partial charge < -0.3 is 14.2 Å². The maximum atomic E-state index is 6.28. The Morgan fingerprint density at radius 3 is 2.36 bits per heavy atom. The lowest BCUT2D eigenvalue weighted by Crippen LogP contribution is -2.41. The minimum atomic E-state index is -0.343. The van der Waals surface area contributed by atoms with Crippen molar-refractivity contribution in [3.8, 4) is 0 Å². The zero-order chi connectivity index (χ0) is 20.9. The van der Waals surface area contributed by atoms with Gasteiger partial charge in [-0.25, -0.2) is 0 Å². The van der Waals surface area contributed by atoms with Crippen molar-refractivity contribution in [3.63, 3.8) is 0 Å². The lowest BCUT2D eigenvalue weighted by Gasteiger charge is -2.32. The van der Waals surface area contributed by atoms with Gasteiger partial charge in [0.25, 0.3) is 0 Å². The summed E-state index contributed by atoms with van der Waals surface area (Å²) in [6.45, 7) is 20.0. The summed E-state index contributed by atoms with van der Waals surface area (Å²) in [5, 5.41) is 0. The number of likely N-dealkylation sites (tertiary alicyclic amines) is 1. The van der Waals surface area contributed by atoms with Gasteiger partial charge in [0, 0.05) is 18.2 Å². The Labute approximate surface area is 173 Å². The number of nitrogens with zero attached hydrogens (tertiary/aromatic N) is 1. The molecule has 2 saturated heterocycles. The fourth-order valence-electron chi connectivity index (χ4n) is 3.76. The Balaban J connectivity index is 2.47. The molecule has 2 heterocycles. The maximum absolute atomic E-state index is 6.28. The molecule has 0 aromatic rings. The van der Waals surface area contributed by atoms with Crippen LogP contribution in [0.3, 0.4) is 0 Å². The van der Waals surface area contributed by atoms with Crippen molar-refractivity contribution in [3.05, 3.63) is 59.9 Å². The van der Waals surface area contributed by atoms with Crippen LogP contribution in [0, 0.1) is 5.92 Å². The van der Waals surface area contributed by atoms with Crippen LogP contribution in [0.25, 0.3) is 0 Å². The van der Waals surface area contributed by atoms with Crippen molar-refractivity contribution < 1.29 is 9.31 Å². The van der Waals surface area contributed by atoms with Crippen LogP contribution in [0.2, 0.25) is 0 Å². The fourth-order valence-corrected chi connectivity index (χ4v) is 3.76. The number of hydrogen-bond donors (Lipinski definition) is 0. The smallest absolute Gasteiger partial charge is 0.400 e. The molecule has 2 fully saturated rings. The average Bonchev–Trinajstić information content (AvgIpc) is 2.75. The monoisotopic (exact) mass is 383 g/mol. The molecule has 0 bridgehead atoms. The maximum Gasteiger partial charge on any atom is 0.487 e. The molecule has 0 aromatic carbocycles. The zero-order valence-corrected chi connectivity index (χ0v) is 18.9. The Hall–Kier alpha value is -1.52. The van der Waals surface area contributed by atoms with Gasteiger partial charge in [0.15, 0.2) is 0 Å². The molecule has 1 atom stereocenters. The molecule has 2 aliphatic rings. The first-order chi connectivity index (χ1) is 13.2. The molecule has 28 heavy (non-hydrogen) atoms. The Bertz CT molecular complexity index is 669. The van der Waals surface area contributed by atoms with Crippen molar-refractivity contribution in [1.82, 2.24) is 4.90 Å². The van der Waals surface area contributed by atoms with Crippen molar-refractivity contribution in [1.29, 1.82) is 0 Å². The van der Waals surface area contributed by atoms with E-state index in [1.807, 2.05) is 6.20 Å². The summed E-state index contributed by atoms with van der Waals surface area (Å²) in [5.74, 6) is 2.50. The normalized spacial score (nSPS) is 29.2. The second-order valence-corrected chi connectivity index (χ2v) is 8.68. The van der Waals surface area contributed by atoms with E-state index in [0.29, 0.717) is 5.92 Å². The largest absolute Gasteiger partial charge is 0.487 e. The molecular formula is C24H38BNO2. The minimum absolute atomic E-state index is 0.312. The molecule has 0 aromatic heterocycles. The molecule has 0 radical (unpaired) electrons. The highest BCUT2D eigenvalue weighted by atomic mass is 16.7. The molecule has 0 N–H and O–H groups in total. The highest BCUT2D eigenvalue weighted by Crippen LogP contribution is 2.40. The van der Waals surface area contributed by atoms with Crippen LogP contribution in [-0.2, 0) is 9.31 Å². The van der Waals surface area contributed by atoms with Crippen molar-refractivity contribution in [2.24, 2.45) is 5.92 Å². The van der Waals surface area contributed by atoms with Gasteiger partial charge in [0.05, 0.1) is 11.2 Å². The second kappa shape index (κ2) is 9.32. The predicted molar refractivity (Wildman–Crippen MR) is 121 cm³/mol. The van der Waals surface area contributed by atoms with E-state index in [2.05, 4.69) is 90.2 Å². The molecule has 1 unspecified atom stereocenters. The standard InChI is InChI=1S/C24H38BNO2/c1-9-12-13-15-20-16-17-26(11-3)22(14-10-2)21(19(20)4)18-25-27-23(5,6)24(7,8)28-25/h9,11-12,14-15,18-19H,3,10,13,16-17H2,1-2,4-8H3/b12-9-,20-15-,21-18+,22-14-. The lowest BCUT2D eigenvalue weighted by atomic mass is 9.79. The molecule has 4 heteroatoms. The van der Waals surface area contributed by atoms with E-state index >= 15 is 0 Å². The highest BCUT2D eigenvalue weighted by molar-refractivity contribution is 6.52. The minimum Gasteiger partial charge on any atom is -0.400 e. The van der Waals surface area contributed by atoms with E-state index in [0.717, 1.165) is 25.8 Å². The SMILES string of the molecule is C=CN1CC/C(=C/C/C=C\C)C(C)C(=C\B2OC(C)(C)C(C)(C)O2)/C1=C/CC. The van der Waals surface area contributed by atoms with Crippen LogP contribution in [0.15, 0.2) is 59.9 Å². The molecule has 0 saturated carbocycles. The Morgan fingerprint density at radius 2 is 1.82 bits per heavy atom. The van der Waals surface area contributed by atoms with Crippen LogP contribution in [0.1, 0.15) is 67.7 Å². The summed E-state index contributed by atoms with van der Waals surface area (Å²) in [4.78, 5) is 2.27. The van der Waals surface area contributed by atoms with Crippen molar-refractivity contribution in [2.45, 2.75) is 78.9 Å². The summed E-state index contributed by atoms with van der Waals surface area (Å²) in [5.41, 5.74) is 3.30. The van der Waals surface area contributed by atoms with E-state index in [1.54, 1.807) is 0 Å². The summed E-state index contributed by atoms with van der Waals surface area (Å²) >= 11 is 0. The van der Waals surface area contributed by atoms with Crippen LogP contribution in [-0.4, -0.2) is 29.8 Å². The van der Waals surface area contributed by atoms with Gasteiger partial charge in [-0.1, -0.05) is 50.3 Å². The first kappa shape index (κ1) is 22.8. The summed E-state index contributed by atoms with van der Waals surface area (Å²) < 4.78 is 12.6.